The topological polar surface area (TPSA) is 24.5 Å². The third kappa shape index (κ3) is 3.62. The van der Waals surface area contributed by atoms with Gasteiger partial charge in [0.25, 0.3) is 0 Å². The van der Waals surface area contributed by atoms with E-state index < -0.39 is 0 Å². The Bertz CT molecular complexity index is 330. The van der Waals surface area contributed by atoms with Crippen LogP contribution in [0.3, 0.4) is 0 Å². The van der Waals surface area contributed by atoms with Crippen LogP contribution >= 0.6 is 0 Å². The molecule has 0 aliphatic carbocycles. The van der Waals surface area contributed by atoms with Crippen LogP contribution in [-0.4, -0.2) is 47.8 Å². The van der Waals surface area contributed by atoms with Crippen molar-refractivity contribution >= 4 is 0 Å². The monoisotopic (exact) mass is 294 g/mol. The fraction of sp³-hybridized carbons (Fsp3) is 1.00. The van der Waals surface area contributed by atoms with E-state index >= 15 is 0 Å². The minimum atomic E-state index is 0.0779. The Morgan fingerprint density at radius 2 is 1.81 bits per heavy atom. The number of fused-ring (bicyclic) bond motifs is 2. The van der Waals surface area contributed by atoms with Crippen LogP contribution in [0.25, 0.3) is 0 Å². The summed E-state index contributed by atoms with van der Waals surface area (Å²) in [5.41, 5.74) is 0.0779. The van der Waals surface area contributed by atoms with Gasteiger partial charge in [0, 0.05) is 30.8 Å². The number of nitrogens with one attached hydrogen (secondary N) is 1. The van der Waals surface area contributed by atoms with E-state index in [2.05, 4.69) is 31.0 Å². The van der Waals surface area contributed by atoms with Crippen molar-refractivity contribution in [1.82, 2.24) is 10.2 Å². The maximum absolute atomic E-state index is 5.94. The molecule has 3 saturated heterocycles. The van der Waals surface area contributed by atoms with Crippen molar-refractivity contribution in [3.63, 3.8) is 0 Å². The van der Waals surface area contributed by atoms with Crippen LogP contribution in [0.15, 0.2) is 0 Å². The first kappa shape index (κ1) is 15.8. The van der Waals surface area contributed by atoms with Gasteiger partial charge in [-0.2, -0.15) is 0 Å². The molecule has 3 atom stereocenters. The van der Waals surface area contributed by atoms with Gasteiger partial charge in [-0.25, -0.2) is 0 Å². The van der Waals surface area contributed by atoms with Gasteiger partial charge < -0.3 is 10.1 Å². The molecule has 0 aromatic carbocycles. The lowest BCUT2D eigenvalue weighted by Gasteiger charge is -2.54. The second-order valence-electron chi connectivity index (χ2n) is 8.06. The summed E-state index contributed by atoms with van der Waals surface area (Å²) in [7, 11) is 0. The van der Waals surface area contributed by atoms with Crippen molar-refractivity contribution in [2.24, 2.45) is 0 Å². The number of ether oxygens (including phenoxy) is 1. The van der Waals surface area contributed by atoms with Crippen LogP contribution in [0.1, 0.15) is 72.1 Å². The third-order valence-corrected chi connectivity index (χ3v) is 5.81. The molecule has 0 amide bonds. The molecule has 0 saturated carbocycles. The molecule has 0 radical (unpaired) electrons. The van der Waals surface area contributed by atoms with E-state index in [-0.39, 0.29) is 5.60 Å². The molecule has 1 N–H and O–H groups in total. The van der Waals surface area contributed by atoms with Gasteiger partial charge in [-0.1, -0.05) is 13.3 Å². The number of hydrogen-bond acceptors (Lipinski definition) is 3. The second kappa shape index (κ2) is 6.55. The van der Waals surface area contributed by atoms with Gasteiger partial charge in [0.15, 0.2) is 0 Å². The van der Waals surface area contributed by atoms with Gasteiger partial charge in [-0.05, 0) is 65.3 Å². The molecule has 21 heavy (non-hydrogen) atoms. The first-order valence-corrected chi connectivity index (χ1v) is 9.24. The Hall–Kier alpha value is -0.120. The van der Waals surface area contributed by atoms with Gasteiger partial charge in [-0.3, -0.25) is 4.90 Å². The van der Waals surface area contributed by atoms with Crippen LogP contribution in [0.2, 0.25) is 0 Å². The summed E-state index contributed by atoms with van der Waals surface area (Å²) in [6.07, 6.45) is 10.7. The summed E-state index contributed by atoms with van der Waals surface area (Å²) in [5, 5.41) is 3.79. The average Bonchev–Trinajstić information content (AvgIpc) is 2.43. The number of nitrogens with zero attached hydrogens (tertiary/aromatic N) is 1. The first-order chi connectivity index (χ1) is 10.1. The molecule has 3 aliphatic rings. The second-order valence-corrected chi connectivity index (χ2v) is 8.06. The summed E-state index contributed by atoms with van der Waals surface area (Å²) in [4.78, 5) is 2.93. The quantitative estimate of drug-likeness (QED) is 0.861. The molecule has 0 spiro atoms. The molecule has 3 nitrogen and oxygen atoms in total. The predicted molar refractivity (Wildman–Crippen MR) is 87.6 cm³/mol. The minimum absolute atomic E-state index is 0.0779. The van der Waals surface area contributed by atoms with E-state index in [0.29, 0.717) is 0 Å². The van der Waals surface area contributed by atoms with Crippen molar-refractivity contribution < 1.29 is 4.74 Å². The number of rotatable bonds is 4. The fourth-order valence-electron chi connectivity index (χ4n) is 4.98. The molecule has 0 aromatic rings. The van der Waals surface area contributed by atoms with E-state index in [1.165, 1.54) is 57.9 Å². The molecule has 3 heteroatoms. The molecule has 3 fully saturated rings. The highest BCUT2D eigenvalue weighted by Gasteiger charge is 2.43. The highest BCUT2D eigenvalue weighted by molar-refractivity contribution is 4.99. The zero-order valence-corrected chi connectivity index (χ0v) is 14.2. The normalized spacial score (nSPS) is 40.1. The molecule has 0 aromatic heterocycles. The SMILES string of the molecule is CCCNC1CC2CCCC(C1)N2C1CCOC(C)(C)C1. The van der Waals surface area contributed by atoms with Crippen molar-refractivity contribution in [2.45, 2.75) is 102 Å². The van der Waals surface area contributed by atoms with Gasteiger partial charge in [-0.15, -0.1) is 0 Å². The summed E-state index contributed by atoms with van der Waals surface area (Å²) in [5.74, 6) is 0. The van der Waals surface area contributed by atoms with Gasteiger partial charge in [0.05, 0.1) is 5.60 Å². The standard InChI is InChI=1S/C18H34N2O/c1-4-9-19-14-11-15-6-5-7-16(12-14)20(15)17-8-10-21-18(2,3)13-17/h14-17,19H,4-13H2,1-3H3. The molecule has 3 unspecified atom stereocenters. The lowest BCUT2D eigenvalue weighted by Crippen LogP contribution is -2.61. The molecule has 2 bridgehead atoms. The Labute approximate surface area is 130 Å². The Kier molecular flexibility index (Phi) is 4.92. The van der Waals surface area contributed by atoms with Crippen LogP contribution in [0.5, 0.6) is 0 Å². The van der Waals surface area contributed by atoms with E-state index in [4.69, 9.17) is 4.74 Å². The first-order valence-electron chi connectivity index (χ1n) is 9.24. The summed E-state index contributed by atoms with van der Waals surface area (Å²) < 4.78 is 5.94. The minimum Gasteiger partial charge on any atom is -0.375 e. The van der Waals surface area contributed by atoms with Crippen LogP contribution in [0, 0.1) is 0 Å². The lowest BCUT2D eigenvalue weighted by atomic mass is 9.78. The zero-order valence-electron chi connectivity index (χ0n) is 14.2. The van der Waals surface area contributed by atoms with Crippen LogP contribution in [-0.2, 0) is 4.74 Å². The molecular formula is C18H34N2O. The van der Waals surface area contributed by atoms with Gasteiger partial charge >= 0.3 is 0 Å². The van der Waals surface area contributed by atoms with E-state index in [1.807, 2.05) is 0 Å². The maximum atomic E-state index is 5.94. The largest absolute Gasteiger partial charge is 0.375 e. The highest BCUT2D eigenvalue weighted by Crippen LogP contribution is 2.39. The molecule has 3 heterocycles. The maximum Gasteiger partial charge on any atom is 0.0641 e. The average molecular weight is 294 g/mol. The molecular weight excluding hydrogens is 260 g/mol. The zero-order chi connectivity index (χ0) is 14.9. The molecule has 122 valence electrons. The third-order valence-electron chi connectivity index (χ3n) is 5.81. The molecule has 3 rings (SSSR count). The summed E-state index contributed by atoms with van der Waals surface area (Å²) in [6, 6.07) is 3.18. The predicted octanol–water partition coefficient (Wildman–Crippen LogP) is 3.33. The van der Waals surface area contributed by atoms with Crippen molar-refractivity contribution in [3.05, 3.63) is 0 Å². The van der Waals surface area contributed by atoms with Gasteiger partial charge in [0.2, 0.25) is 0 Å². The fourth-order valence-corrected chi connectivity index (χ4v) is 4.98. The summed E-state index contributed by atoms with van der Waals surface area (Å²) >= 11 is 0. The lowest BCUT2D eigenvalue weighted by molar-refractivity contribution is -0.113. The van der Waals surface area contributed by atoms with E-state index in [9.17, 15) is 0 Å². The van der Waals surface area contributed by atoms with E-state index in [0.717, 1.165) is 30.8 Å². The smallest absolute Gasteiger partial charge is 0.0641 e. The number of hydrogen-bond donors (Lipinski definition) is 1. The van der Waals surface area contributed by atoms with Crippen molar-refractivity contribution in [3.8, 4) is 0 Å². The van der Waals surface area contributed by atoms with Crippen LogP contribution < -0.4 is 5.32 Å². The Morgan fingerprint density at radius 3 is 2.43 bits per heavy atom. The van der Waals surface area contributed by atoms with Crippen LogP contribution in [0.4, 0.5) is 0 Å². The summed E-state index contributed by atoms with van der Waals surface area (Å²) in [6.45, 7) is 8.95. The van der Waals surface area contributed by atoms with Gasteiger partial charge in [0.1, 0.15) is 0 Å². The van der Waals surface area contributed by atoms with E-state index in [1.54, 1.807) is 0 Å². The Morgan fingerprint density at radius 1 is 1.10 bits per heavy atom. The molecule has 3 aliphatic heterocycles. The number of piperidine rings is 2. The van der Waals surface area contributed by atoms with Crippen molar-refractivity contribution in [2.75, 3.05) is 13.2 Å². The van der Waals surface area contributed by atoms with Crippen molar-refractivity contribution in [1.29, 1.82) is 0 Å². The highest BCUT2D eigenvalue weighted by atomic mass is 16.5. The Balaban J connectivity index is 1.66.